The molecule has 1 amide bonds. The summed E-state index contributed by atoms with van der Waals surface area (Å²) in [5.41, 5.74) is 2.41. The zero-order chi connectivity index (χ0) is 33.0. The van der Waals surface area contributed by atoms with Crippen molar-refractivity contribution >= 4 is 58.1 Å². The molecule has 3 N–H and O–H groups in total. The van der Waals surface area contributed by atoms with Crippen LogP contribution in [-0.4, -0.2) is 76.9 Å². The number of aryl methyl sites for hydroxylation is 1. The number of anilines is 5. The van der Waals surface area contributed by atoms with Crippen LogP contribution >= 0.6 is 23.2 Å². The second-order valence-electron chi connectivity index (χ2n) is 10.8. The number of carbonyl (C=O) groups is 1. The highest BCUT2D eigenvalue weighted by molar-refractivity contribution is 6.41. The number of carbonyl (C=O) groups excluding carboxylic acids is 1. The van der Waals surface area contributed by atoms with E-state index in [1.165, 1.54) is 20.3 Å². The number of nitrogens with one attached hydrogen (secondary N) is 2. The Kier molecular flexibility index (Phi) is 10.2. The van der Waals surface area contributed by atoms with Gasteiger partial charge in [0.1, 0.15) is 27.4 Å². The SMILES string of the molecule is COc1cc(OC)c(Cl)c(N2Cc3cnc(Nc4ccn(C)n4)nc3N(Cc3cccc(NC(=O)/C=C/CN(C)C)c3)C2O)c1Cl. The van der Waals surface area contributed by atoms with Crippen molar-refractivity contribution < 1.29 is 19.4 Å². The molecule has 13 nitrogen and oxygen atoms in total. The lowest BCUT2D eigenvalue weighted by molar-refractivity contribution is -0.111. The summed E-state index contributed by atoms with van der Waals surface area (Å²) in [6.07, 6.45) is 5.47. The van der Waals surface area contributed by atoms with Gasteiger partial charge in [0.25, 0.3) is 0 Å². The molecule has 0 aliphatic carbocycles. The van der Waals surface area contributed by atoms with Crippen LogP contribution in [0.5, 0.6) is 11.5 Å². The Morgan fingerprint density at radius 1 is 1.15 bits per heavy atom. The van der Waals surface area contributed by atoms with E-state index in [9.17, 15) is 9.90 Å². The second-order valence-corrected chi connectivity index (χ2v) is 11.5. The predicted molar refractivity (Wildman–Crippen MR) is 179 cm³/mol. The Morgan fingerprint density at radius 2 is 1.89 bits per heavy atom. The van der Waals surface area contributed by atoms with Crippen molar-refractivity contribution in [1.29, 1.82) is 0 Å². The first-order chi connectivity index (χ1) is 22.1. The Bertz CT molecular complexity index is 1720. The van der Waals surface area contributed by atoms with E-state index in [0.717, 1.165) is 5.56 Å². The number of hydrogen-bond acceptors (Lipinski definition) is 11. The number of rotatable bonds is 11. The fourth-order valence-electron chi connectivity index (χ4n) is 4.93. The van der Waals surface area contributed by atoms with Crippen LogP contribution in [-0.2, 0) is 24.9 Å². The van der Waals surface area contributed by atoms with Gasteiger partial charge >= 0.3 is 0 Å². The van der Waals surface area contributed by atoms with Gasteiger partial charge in [-0.05, 0) is 31.8 Å². The fourth-order valence-corrected chi connectivity index (χ4v) is 5.65. The van der Waals surface area contributed by atoms with E-state index in [2.05, 4.69) is 20.7 Å². The summed E-state index contributed by atoms with van der Waals surface area (Å²) >= 11 is 13.6. The largest absolute Gasteiger partial charge is 0.495 e. The van der Waals surface area contributed by atoms with Crippen molar-refractivity contribution in [1.82, 2.24) is 24.6 Å². The summed E-state index contributed by atoms with van der Waals surface area (Å²) in [5, 5.41) is 22.7. The number of nitrogens with zero attached hydrogens (tertiary/aromatic N) is 7. The maximum absolute atomic E-state index is 12.5. The molecule has 1 aliphatic rings. The van der Waals surface area contributed by atoms with E-state index in [-0.39, 0.29) is 29.0 Å². The minimum atomic E-state index is -1.29. The van der Waals surface area contributed by atoms with Gasteiger partial charge in [0, 0.05) is 62.0 Å². The number of halogens is 2. The second kappa shape index (κ2) is 14.3. The summed E-state index contributed by atoms with van der Waals surface area (Å²) in [7, 11) is 8.64. The number of ether oxygens (including phenoxy) is 2. The minimum absolute atomic E-state index is 0.169. The van der Waals surface area contributed by atoms with E-state index >= 15 is 0 Å². The number of aliphatic hydroxyl groups is 1. The average molecular weight is 669 g/mol. The van der Waals surface area contributed by atoms with E-state index < -0.39 is 6.35 Å². The third-order valence-corrected chi connectivity index (χ3v) is 7.82. The van der Waals surface area contributed by atoms with Gasteiger partial charge in [0.15, 0.2) is 5.82 Å². The van der Waals surface area contributed by atoms with Gasteiger partial charge in [-0.1, -0.05) is 41.4 Å². The van der Waals surface area contributed by atoms with Crippen LogP contribution in [0.1, 0.15) is 11.1 Å². The molecule has 2 aromatic carbocycles. The van der Waals surface area contributed by atoms with Crippen LogP contribution in [0.15, 0.2) is 60.9 Å². The highest BCUT2D eigenvalue weighted by Crippen LogP contribution is 2.48. The highest BCUT2D eigenvalue weighted by Gasteiger charge is 2.36. The third-order valence-electron chi connectivity index (χ3n) is 7.09. The lowest BCUT2D eigenvalue weighted by Gasteiger charge is -2.43. The van der Waals surface area contributed by atoms with Gasteiger partial charge in [0.05, 0.1) is 26.5 Å². The van der Waals surface area contributed by atoms with Crippen molar-refractivity contribution in [3.05, 3.63) is 82.1 Å². The topological polar surface area (TPSA) is 133 Å². The van der Waals surface area contributed by atoms with Crippen molar-refractivity contribution in [2.45, 2.75) is 19.4 Å². The Hall–Kier alpha value is -4.56. The summed E-state index contributed by atoms with van der Waals surface area (Å²) in [6.45, 7) is 1.01. The molecule has 0 spiro atoms. The van der Waals surface area contributed by atoms with Gasteiger partial charge in [-0.2, -0.15) is 10.1 Å². The number of aliphatic hydroxyl groups excluding tert-OH is 1. The number of hydrogen-bond donors (Lipinski definition) is 3. The van der Waals surface area contributed by atoms with Crippen molar-refractivity contribution in [3.8, 4) is 11.5 Å². The van der Waals surface area contributed by atoms with Gasteiger partial charge in [-0.15, -0.1) is 0 Å². The first-order valence-corrected chi connectivity index (χ1v) is 15.0. The van der Waals surface area contributed by atoms with Crippen molar-refractivity contribution in [3.63, 3.8) is 0 Å². The smallest absolute Gasteiger partial charge is 0.248 e. The number of likely N-dealkylation sites (N-methyl/N-ethyl adjacent to an activating group) is 1. The average Bonchev–Trinajstić information content (AvgIpc) is 3.43. The highest BCUT2D eigenvalue weighted by atomic mass is 35.5. The lowest BCUT2D eigenvalue weighted by atomic mass is 10.1. The van der Waals surface area contributed by atoms with Gasteiger partial charge in [0.2, 0.25) is 18.2 Å². The Labute approximate surface area is 277 Å². The maximum atomic E-state index is 12.5. The van der Waals surface area contributed by atoms with Gasteiger partial charge in [-0.3, -0.25) is 9.48 Å². The Morgan fingerprint density at radius 3 is 2.54 bits per heavy atom. The Balaban J connectivity index is 1.52. The molecule has 0 radical (unpaired) electrons. The number of benzene rings is 2. The molecule has 1 unspecified atom stereocenters. The van der Waals surface area contributed by atoms with Crippen molar-refractivity contribution in [2.24, 2.45) is 7.05 Å². The summed E-state index contributed by atoms with van der Waals surface area (Å²) in [5.74, 6) is 1.77. The standard InChI is InChI=1S/C31H35Cl2N9O4/c1-39(2)12-7-10-25(43)35-21-9-6-8-19(14-21)17-42-29-20(16-34-30(37-29)36-24-11-13-40(3)38-24)18-41(31(42)44)28-26(32)22(45-4)15-23(46-5)27(28)33/h6-11,13-16,31,44H,12,17-18H2,1-5H3,(H,35,43)(H,34,36,37,38)/b10-7+. The molecule has 1 aliphatic heterocycles. The molecule has 0 saturated heterocycles. The number of aromatic nitrogens is 4. The molecule has 0 saturated carbocycles. The molecular weight excluding hydrogens is 633 g/mol. The molecule has 2 aromatic heterocycles. The van der Waals surface area contributed by atoms with E-state index in [1.807, 2.05) is 44.2 Å². The molecule has 5 rings (SSSR count). The first kappa shape index (κ1) is 32.8. The zero-order valence-corrected chi connectivity index (χ0v) is 27.5. The van der Waals surface area contributed by atoms with Crippen molar-refractivity contribution in [2.75, 3.05) is 55.3 Å². The van der Waals surface area contributed by atoms with Crippen LogP contribution in [0.4, 0.5) is 29.0 Å². The number of amides is 1. The quantitative estimate of drug-likeness (QED) is 0.193. The third kappa shape index (κ3) is 7.29. The summed E-state index contributed by atoms with van der Waals surface area (Å²) in [6, 6.07) is 10.8. The number of methoxy groups -OCH3 is 2. The van der Waals surface area contributed by atoms with E-state index in [4.69, 9.17) is 37.7 Å². The molecule has 1 atom stereocenters. The molecular formula is C31H35Cl2N9O4. The van der Waals surface area contributed by atoms with E-state index in [1.54, 1.807) is 51.2 Å². The molecule has 0 bridgehead atoms. The molecule has 15 heteroatoms. The van der Waals surface area contributed by atoms with Crippen LogP contribution < -0.4 is 29.9 Å². The summed E-state index contributed by atoms with van der Waals surface area (Å²) in [4.78, 5) is 27.1. The van der Waals surface area contributed by atoms with Crippen LogP contribution in [0, 0.1) is 0 Å². The fraction of sp³-hybridized carbons (Fsp3) is 0.290. The van der Waals surface area contributed by atoms with Gasteiger partial charge in [-0.25, -0.2) is 4.98 Å². The predicted octanol–water partition coefficient (Wildman–Crippen LogP) is 4.64. The maximum Gasteiger partial charge on any atom is 0.248 e. The zero-order valence-electron chi connectivity index (χ0n) is 26.0. The summed E-state index contributed by atoms with van der Waals surface area (Å²) < 4.78 is 12.6. The van der Waals surface area contributed by atoms with Crippen LogP contribution in [0.3, 0.4) is 0 Å². The van der Waals surface area contributed by atoms with Gasteiger partial charge < -0.3 is 39.9 Å². The molecule has 46 heavy (non-hydrogen) atoms. The van der Waals surface area contributed by atoms with Crippen LogP contribution in [0.25, 0.3) is 0 Å². The van der Waals surface area contributed by atoms with Crippen LogP contribution in [0.2, 0.25) is 10.0 Å². The first-order valence-electron chi connectivity index (χ1n) is 14.2. The lowest BCUT2D eigenvalue weighted by Crippen LogP contribution is -2.52. The normalized spacial score (nSPS) is 14.5. The monoisotopic (exact) mass is 667 g/mol. The number of fused-ring (bicyclic) bond motifs is 1. The molecule has 3 heterocycles. The van der Waals surface area contributed by atoms with E-state index in [0.29, 0.717) is 52.6 Å². The molecule has 0 fully saturated rings. The molecule has 242 valence electrons. The minimum Gasteiger partial charge on any atom is -0.495 e. The molecule has 4 aromatic rings.